The molecule has 0 aliphatic rings. The van der Waals surface area contributed by atoms with Gasteiger partial charge in [0.25, 0.3) is 5.79 Å². The van der Waals surface area contributed by atoms with E-state index in [9.17, 15) is 9.59 Å². The van der Waals surface area contributed by atoms with Gasteiger partial charge < -0.3 is 9.47 Å². The lowest BCUT2D eigenvalue weighted by molar-refractivity contribution is -0.525. The normalized spacial score (nSPS) is 12.4. The topological polar surface area (TPSA) is 80.3 Å². The zero-order chi connectivity index (χ0) is 20.4. The summed E-state index contributed by atoms with van der Waals surface area (Å²) in [7, 11) is 0. The molecule has 7 heteroatoms. The van der Waals surface area contributed by atoms with Crippen LogP contribution in [0.15, 0.2) is 12.7 Å². The average molecular weight is 374 g/mol. The molecule has 0 radical (unpaired) electrons. The van der Waals surface area contributed by atoms with Crippen LogP contribution in [0, 0.1) is 5.41 Å². The Bertz CT molecular complexity index is 463. The summed E-state index contributed by atoms with van der Waals surface area (Å²) < 4.78 is 9.74. The minimum absolute atomic E-state index is 0.0940. The van der Waals surface area contributed by atoms with Crippen molar-refractivity contribution in [3.05, 3.63) is 12.7 Å². The molecular weight excluding hydrogens is 340 g/mol. The second kappa shape index (κ2) is 10.5. The van der Waals surface area contributed by atoms with Crippen molar-refractivity contribution in [2.24, 2.45) is 5.41 Å². The van der Waals surface area contributed by atoms with Crippen LogP contribution in [0.4, 0.5) is 4.79 Å². The average Bonchev–Trinajstić information content (AvgIpc) is 2.59. The van der Waals surface area contributed by atoms with E-state index in [0.717, 1.165) is 25.3 Å². The largest absolute Gasteiger partial charge is 0.545 e. The first-order chi connectivity index (χ1) is 12.0. The van der Waals surface area contributed by atoms with Crippen molar-refractivity contribution in [1.29, 1.82) is 0 Å². The van der Waals surface area contributed by atoms with Crippen LogP contribution in [0.3, 0.4) is 0 Å². The molecule has 0 unspecified atom stereocenters. The molecule has 0 aliphatic heterocycles. The Labute approximate surface area is 156 Å². The summed E-state index contributed by atoms with van der Waals surface area (Å²) >= 11 is 0. The van der Waals surface area contributed by atoms with E-state index in [1.807, 2.05) is 13.8 Å². The molecule has 0 aromatic carbocycles. The fraction of sp³-hybridized carbons (Fsp3) is 0.789. The van der Waals surface area contributed by atoms with Crippen LogP contribution in [0.25, 0.3) is 0 Å². The van der Waals surface area contributed by atoms with Gasteiger partial charge in [-0.25, -0.2) is 14.5 Å². The van der Waals surface area contributed by atoms with Crippen LogP contribution < -0.4 is 0 Å². The summed E-state index contributed by atoms with van der Waals surface area (Å²) in [6.07, 6.45) is 3.94. The van der Waals surface area contributed by atoms with E-state index in [4.69, 9.17) is 19.4 Å². The lowest BCUT2D eigenvalue weighted by Gasteiger charge is -2.38. The Balaban J connectivity index is 4.70. The molecule has 0 bridgehead atoms. The predicted molar refractivity (Wildman–Crippen MR) is 96.7 cm³/mol. The van der Waals surface area contributed by atoms with E-state index in [1.54, 1.807) is 0 Å². The monoisotopic (exact) mass is 374 g/mol. The third kappa shape index (κ3) is 8.19. The molecule has 0 aromatic rings. The van der Waals surface area contributed by atoms with E-state index in [-0.39, 0.29) is 5.41 Å². The maximum Gasteiger partial charge on any atom is 0.545 e. The molecule has 0 aliphatic carbocycles. The highest BCUT2D eigenvalue weighted by molar-refractivity contribution is 5.81. The predicted octanol–water partition coefficient (Wildman–Crippen LogP) is 5.24. The number of ether oxygens (including phenoxy) is 2. The minimum atomic E-state index is -1.53. The summed E-state index contributed by atoms with van der Waals surface area (Å²) in [4.78, 5) is 32.9. The highest BCUT2D eigenvalue weighted by atomic mass is 17.5. The van der Waals surface area contributed by atoms with Crippen molar-refractivity contribution < 1.29 is 33.9 Å². The van der Waals surface area contributed by atoms with Crippen LogP contribution in [0.1, 0.15) is 80.6 Å². The highest BCUT2D eigenvalue weighted by Gasteiger charge is 2.38. The molecule has 0 spiro atoms. The van der Waals surface area contributed by atoms with Gasteiger partial charge in [-0.15, -0.1) is 0 Å². The third-order valence-electron chi connectivity index (χ3n) is 4.90. The first kappa shape index (κ1) is 24.4. The van der Waals surface area contributed by atoms with Crippen molar-refractivity contribution in [2.45, 2.75) is 92.0 Å². The number of esters is 1. The van der Waals surface area contributed by atoms with Crippen molar-refractivity contribution in [3.8, 4) is 0 Å². The van der Waals surface area contributed by atoms with Gasteiger partial charge >= 0.3 is 12.1 Å². The summed E-state index contributed by atoms with van der Waals surface area (Å²) in [5.74, 6) is -2.25. The van der Waals surface area contributed by atoms with Gasteiger partial charge in [-0.2, -0.15) is 4.89 Å². The zero-order valence-electron chi connectivity index (χ0n) is 17.2. The molecule has 152 valence electrons. The first-order valence-corrected chi connectivity index (χ1v) is 9.11. The Morgan fingerprint density at radius 1 is 0.923 bits per heavy atom. The number of hydrogen-bond acceptors (Lipinski definition) is 7. The second-order valence-electron chi connectivity index (χ2n) is 7.20. The molecule has 0 saturated carbocycles. The lowest BCUT2D eigenvalue weighted by Crippen LogP contribution is -2.38. The maximum atomic E-state index is 11.7. The molecule has 0 N–H and O–H groups in total. The summed E-state index contributed by atoms with van der Waals surface area (Å²) in [5, 5.41) is 4.72. The molecule has 7 nitrogen and oxygen atoms in total. The van der Waals surface area contributed by atoms with Crippen LogP contribution in [0.2, 0.25) is 0 Å². The van der Waals surface area contributed by atoms with Gasteiger partial charge in [0, 0.05) is 19.9 Å². The molecule has 0 rings (SSSR count). The van der Waals surface area contributed by atoms with E-state index in [2.05, 4.69) is 32.2 Å². The van der Waals surface area contributed by atoms with E-state index in [1.165, 1.54) is 13.8 Å². The van der Waals surface area contributed by atoms with Crippen molar-refractivity contribution >= 4 is 12.1 Å². The van der Waals surface area contributed by atoms with Gasteiger partial charge in [0.05, 0.1) is 0 Å². The van der Waals surface area contributed by atoms with Crippen molar-refractivity contribution in [3.63, 3.8) is 0 Å². The van der Waals surface area contributed by atoms with E-state index >= 15 is 0 Å². The van der Waals surface area contributed by atoms with Gasteiger partial charge in [-0.3, -0.25) is 0 Å². The number of hydrogen-bond donors (Lipinski definition) is 0. The summed E-state index contributed by atoms with van der Waals surface area (Å²) in [6, 6.07) is 0. The third-order valence-corrected chi connectivity index (χ3v) is 4.90. The van der Waals surface area contributed by atoms with E-state index < -0.39 is 23.5 Å². The highest BCUT2D eigenvalue weighted by Crippen LogP contribution is 2.40. The number of rotatable bonds is 12. The Morgan fingerprint density at radius 3 is 1.88 bits per heavy atom. The number of carbonyl (C=O) groups is 2. The molecule has 0 aromatic heterocycles. The van der Waals surface area contributed by atoms with Gasteiger partial charge in [0.2, 0.25) is 0 Å². The fourth-order valence-corrected chi connectivity index (χ4v) is 2.56. The second-order valence-corrected chi connectivity index (χ2v) is 7.20. The smallest absolute Gasteiger partial charge is 0.420 e. The number of carbonyl (C=O) groups excluding carboxylic acids is 2. The standard InChI is InChI=1S/C19H34O7/c1-9-15(20)22-17(6,7)23-16(21)24-26-25-19(12-4,13-5)14-18(8,10-2)11-3/h9H,1,10-14H2,2-8H3. The van der Waals surface area contributed by atoms with Crippen molar-refractivity contribution in [2.75, 3.05) is 0 Å². The molecule has 26 heavy (non-hydrogen) atoms. The quantitative estimate of drug-likeness (QED) is 0.152. The minimum Gasteiger partial charge on any atom is -0.420 e. The summed E-state index contributed by atoms with van der Waals surface area (Å²) in [5.41, 5.74) is -0.483. The molecule has 0 saturated heterocycles. The van der Waals surface area contributed by atoms with Gasteiger partial charge in [0.15, 0.2) is 0 Å². The molecule has 0 atom stereocenters. The zero-order valence-corrected chi connectivity index (χ0v) is 17.2. The molecule has 0 fully saturated rings. The molecule has 0 amide bonds. The van der Waals surface area contributed by atoms with Gasteiger partial charge in [-0.05, 0) is 29.7 Å². The van der Waals surface area contributed by atoms with Gasteiger partial charge in [-0.1, -0.05) is 54.0 Å². The van der Waals surface area contributed by atoms with Gasteiger partial charge in [0.1, 0.15) is 5.60 Å². The molecule has 0 heterocycles. The van der Waals surface area contributed by atoms with E-state index in [0.29, 0.717) is 12.8 Å². The Morgan fingerprint density at radius 2 is 1.46 bits per heavy atom. The SMILES string of the molecule is C=CC(=O)OC(C)(C)OC(=O)OOOC(CC)(CC)CC(C)(CC)CC. The van der Waals surface area contributed by atoms with Crippen LogP contribution in [0.5, 0.6) is 0 Å². The van der Waals surface area contributed by atoms with Crippen LogP contribution >= 0.6 is 0 Å². The Hall–Kier alpha value is -1.60. The lowest BCUT2D eigenvalue weighted by atomic mass is 9.73. The fourth-order valence-electron chi connectivity index (χ4n) is 2.56. The maximum absolute atomic E-state index is 11.7. The first-order valence-electron chi connectivity index (χ1n) is 9.11. The van der Waals surface area contributed by atoms with Crippen LogP contribution in [-0.4, -0.2) is 23.5 Å². The Kier molecular flexibility index (Phi) is 9.88. The van der Waals surface area contributed by atoms with Crippen molar-refractivity contribution in [1.82, 2.24) is 0 Å². The summed E-state index contributed by atoms with van der Waals surface area (Å²) in [6.45, 7) is 16.5. The molecular formula is C19H34O7. The van der Waals surface area contributed by atoms with Crippen LogP contribution in [-0.2, 0) is 29.1 Å².